The van der Waals surface area contributed by atoms with Crippen LogP contribution >= 0.6 is 22.9 Å². The molecule has 13 heteroatoms. The molecule has 2 aromatic carbocycles. The van der Waals surface area contributed by atoms with E-state index >= 15 is 0 Å². The molecule has 36 heavy (non-hydrogen) atoms. The number of azo groups is 1. The van der Waals surface area contributed by atoms with Gasteiger partial charge in [-0.1, -0.05) is 47.2 Å². The number of nitrogens with zero attached hydrogens (tertiary/aromatic N) is 4. The first-order valence-electron chi connectivity index (χ1n) is 10.6. The van der Waals surface area contributed by atoms with Crippen LogP contribution in [0.25, 0.3) is 6.08 Å². The van der Waals surface area contributed by atoms with Gasteiger partial charge in [-0.3, -0.25) is 14.1 Å². The summed E-state index contributed by atoms with van der Waals surface area (Å²) in [6.07, 6.45) is 1.43. The Morgan fingerprint density at radius 3 is 2.31 bits per heavy atom. The first-order chi connectivity index (χ1) is 17.2. The number of carbonyl (C=O) groups is 2. The molecule has 0 atom stereocenters. The van der Waals surface area contributed by atoms with Crippen LogP contribution in [-0.2, 0) is 14.6 Å². The van der Waals surface area contributed by atoms with Crippen molar-refractivity contribution in [2.24, 2.45) is 10.2 Å². The number of Topliss-reactive ketones (excluding diaryl/α,β-unsaturated/α-hetero) is 2. The number of hydrogen-bond acceptors (Lipinski definition) is 10. The van der Waals surface area contributed by atoms with Crippen LogP contribution in [0.5, 0.6) is 0 Å². The number of hydrogen-bond donors (Lipinski definition) is 1. The van der Waals surface area contributed by atoms with E-state index in [1.807, 2.05) is 11.8 Å². The summed E-state index contributed by atoms with van der Waals surface area (Å²) in [6, 6.07) is 13.6. The first-order valence-corrected chi connectivity index (χ1v) is 13.2. The quantitative estimate of drug-likeness (QED) is 0.165. The Morgan fingerprint density at radius 1 is 1.08 bits per heavy atom. The molecule has 0 aliphatic heterocycles. The molecule has 1 heterocycles. The molecule has 3 aromatic rings. The predicted octanol–water partition coefficient (Wildman–Crippen LogP) is 5.32. The number of ketones is 2. The first kappa shape index (κ1) is 25.8. The number of halogens is 1. The van der Waals surface area contributed by atoms with E-state index in [0.29, 0.717) is 28.2 Å². The Balaban J connectivity index is 1.45. The van der Waals surface area contributed by atoms with Crippen molar-refractivity contribution in [3.63, 3.8) is 0 Å². The van der Waals surface area contributed by atoms with Gasteiger partial charge in [0.15, 0.2) is 11.6 Å². The summed E-state index contributed by atoms with van der Waals surface area (Å²) < 4.78 is 34.5. The molecule has 186 valence electrons. The normalized spacial score (nSPS) is 13.5. The second-order valence-electron chi connectivity index (χ2n) is 7.46. The van der Waals surface area contributed by atoms with E-state index in [-0.39, 0.29) is 40.6 Å². The summed E-state index contributed by atoms with van der Waals surface area (Å²) in [6.45, 7) is 2.54. The second-order valence-corrected chi connectivity index (χ2v) is 9.92. The fraction of sp³-hybridized carbons (Fsp3) is 0.174. The van der Waals surface area contributed by atoms with Gasteiger partial charge in [0, 0.05) is 29.9 Å². The Hall–Kier alpha value is -3.29. The van der Waals surface area contributed by atoms with E-state index in [4.69, 9.17) is 16.2 Å². The maximum atomic E-state index is 12.6. The van der Waals surface area contributed by atoms with E-state index in [9.17, 15) is 18.0 Å². The molecule has 0 saturated carbocycles. The SMILES string of the molecule is CCN(CCOS(=O)(=O)O)c1ccc(/N=N/c2nc(Cl)c(C=C3C(=O)c4ccccc4C3=O)s2)cc1. The van der Waals surface area contributed by atoms with E-state index in [2.05, 4.69) is 19.4 Å². The molecular formula is C23H19ClN4O6S2. The van der Waals surface area contributed by atoms with Crippen LogP contribution in [0.2, 0.25) is 5.15 Å². The number of rotatable bonds is 9. The highest BCUT2D eigenvalue weighted by atomic mass is 35.5. The van der Waals surface area contributed by atoms with E-state index < -0.39 is 10.4 Å². The zero-order valence-electron chi connectivity index (χ0n) is 18.8. The number of anilines is 1. The monoisotopic (exact) mass is 546 g/mol. The number of allylic oxidation sites excluding steroid dienone is 1. The number of benzene rings is 2. The number of fused-ring (bicyclic) bond motifs is 1. The van der Waals surface area contributed by atoms with Gasteiger partial charge >= 0.3 is 10.4 Å². The average Bonchev–Trinajstić information content (AvgIpc) is 3.32. The van der Waals surface area contributed by atoms with Crippen LogP contribution in [0.3, 0.4) is 0 Å². The zero-order chi connectivity index (χ0) is 25.9. The van der Waals surface area contributed by atoms with Crippen molar-refractivity contribution in [3.05, 3.63) is 75.3 Å². The van der Waals surface area contributed by atoms with Crippen molar-refractivity contribution in [1.29, 1.82) is 0 Å². The molecule has 0 radical (unpaired) electrons. The Bertz CT molecular complexity index is 1450. The van der Waals surface area contributed by atoms with Gasteiger partial charge in [-0.15, -0.1) is 10.2 Å². The van der Waals surface area contributed by atoms with Crippen molar-refractivity contribution in [3.8, 4) is 0 Å². The third kappa shape index (κ3) is 5.91. The molecule has 4 rings (SSSR count). The zero-order valence-corrected chi connectivity index (χ0v) is 21.2. The lowest BCUT2D eigenvalue weighted by Gasteiger charge is -2.22. The van der Waals surface area contributed by atoms with Gasteiger partial charge < -0.3 is 4.90 Å². The molecule has 1 aromatic heterocycles. The van der Waals surface area contributed by atoms with Gasteiger partial charge in [0.1, 0.15) is 5.15 Å². The molecule has 1 aliphatic carbocycles. The van der Waals surface area contributed by atoms with Crippen LogP contribution in [0.4, 0.5) is 16.5 Å². The van der Waals surface area contributed by atoms with Crippen molar-refractivity contribution in [2.75, 3.05) is 24.6 Å². The maximum Gasteiger partial charge on any atom is 0.397 e. The lowest BCUT2D eigenvalue weighted by molar-refractivity contribution is 0.0990. The van der Waals surface area contributed by atoms with Crippen molar-refractivity contribution in [1.82, 2.24) is 4.98 Å². The molecule has 0 unspecified atom stereocenters. The minimum atomic E-state index is -4.48. The molecule has 1 N–H and O–H groups in total. The third-order valence-corrected chi connectivity index (χ3v) is 6.97. The minimum Gasteiger partial charge on any atom is -0.369 e. The Labute approximate surface area is 215 Å². The summed E-state index contributed by atoms with van der Waals surface area (Å²) in [5.41, 5.74) is 2.10. The van der Waals surface area contributed by atoms with Gasteiger partial charge in [0.05, 0.1) is 22.7 Å². The fourth-order valence-electron chi connectivity index (χ4n) is 3.52. The molecule has 0 spiro atoms. The Kier molecular flexibility index (Phi) is 7.71. The molecule has 0 amide bonds. The molecule has 0 bridgehead atoms. The number of likely N-dealkylation sites (N-methyl/N-ethyl adjacent to an activating group) is 1. The molecule has 0 saturated heterocycles. The highest BCUT2D eigenvalue weighted by Crippen LogP contribution is 2.35. The molecule has 1 aliphatic rings. The van der Waals surface area contributed by atoms with Crippen LogP contribution in [0.15, 0.2) is 64.3 Å². The molecular weight excluding hydrogens is 528 g/mol. The third-order valence-electron chi connectivity index (χ3n) is 5.22. The lowest BCUT2D eigenvalue weighted by atomic mass is 10.1. The summed E-state index contributed by atoms with van der Waals surface area (Å²) in [5, 5.41) is 8.62. The Morgan fingerprint density at radius 2 is 1.72 bits per heavy atom. The maximum absolute atomic E-state index is 12.6. The standard InChI is InChI=1S/C23H19ClN4O6S2/c1-2-28(11-12-34-36(31,32)33)15-9-7-14(8-10-15)26-27-23-25-22(24)19(35-23)13-18-20(29)16-5-3-4-6-17(16)21(18)30/h3-10,13H,2,11-12H2,1H3,(H,31,32,33)/b27-26+. The smallest absolute Gasteiger partial charge is 0.369 e. The van der Waals surface area contributed by atoms with Gasteiger partial charge in [0.2, 0.25) is 5.13 Å². The van der Waals surface area contributed by atoms with Gasteiger partial charge in [0.25, 0.3) is 0 Å². The number of thiazole rings is 1. The van der Waals surface area contributed by atoms with Gasteiger partial charge in [-0.2, -0.15) is 8.42 Å². The van der Waals surface area contributed by atoms with Gasteiger partial charge in [-0.05, 0) is 37.3 Å². The van der Waals surface area contributed by atoms with Crippen molar-refractivity contribution in [2.45, 2.75) is 6.92 Å². The minimum absolute atomic E-state index is 0.0308. The lowest BCUT2D eigenvalue weighted by Crippen LogP contribution is -2.27. The number of carbonyl (C=O) groups excluding carboxylic acids is 2. The van der Waals surface area contributed by atoms with Crippen LogP contribution in [0, 0.1) is 0 Å². The topological polar surface area (TPSA) is 139 Å². The van der Waals surface area contributed by atoms with E-state index in [1.54, 1.807) is 48.5 Å². The molecule has 0 fully saturated rings. The highest BCUT2D eigenvalue weighted by molar-refractivity contribution is 7.80. The highest BCUT2D eigenvalue weighted by Gasteiger charge is 2.33. The summed E-state index contributed by atoms with van der Waals surface area (Å²) >= 11 is 7.31. The van der Waals surface area contributed by atoms with E-state index in [0.717, 1.165) is 17.0 Å². The van der Waals surface area contributed by atoms with Crippen LogP contribution < -0.4 is 4.90 Å². The second kappa shape index (κ2) is 10.8. The van der Waals surface area contributed by atoms with Crippen molar-refractivity contribution >= 4 is 67.5 Å². The summed E-state index contributed by atoms with van der Waals surface area (Å²) in [7, 11) is -4.48. The summed E-state index contributed by atoms with van der Waals surface area (Å²) in [4.78, 5) is 31.6. The van der Waals surface area contributed by atoms with E-state index in [1.165, 1.54) is 6.08 Å². The largest absolute Gasteiger partial charge is 0.397 e. The van der Waals surface area contributed by atoms with Crippen LogP contribution in [-0.4, -0.2) is 49.2 Å². The average molecular weight is 547 g/mol. The predicted molar refractivity (Wildman–Crippen MR) is 136 cm³/mol. The molecule has 10 nitrogen and oxygen atoms in total. The fourth-order valence-corrected chi connectivity index (χ4v) is 4.83. The summed E-state index contributed by atoms with van der Waals surface area (Å²) in [5.74, 6) is -0.706. The van der Waals surface area contributed by atoms with Crippen molar-refractivity contribution < 1.29 is 26.7 Å². The number of aromatic nitrogens is 1. The van der Waals surface area contributed by atoms with Crippen LogP contribution in [0.1, 0.15) is 32.5 Å². The van der Waals surface area contributed by atoms with Gasteiger partial charge in [-0.25, -0.2) is 9.17 Å².